The molecule has 0 N–H and O–H groups in total. The second-order valence-electron chi connectivity index (χ2n) is 7.37. The molecule has 0 heterocycles. The van der Waals surface area contributed by atoms with Crippen LogP contribution in [0.25, 0.3) is 0 Å². The Kier molecular flexibility index (Phi) is 21.2. The van der Waals surface area contributed by atoms with E-state index in [-0.39, 0.29) is 12.4 Å². The molecule has 0 aromatic carbocycles. The lowest BCUT2D eigenvalue weighted by Crippen LogP contribution is -3.00. The van der Waals surface area contributed by atoms with Gasteiger partial charge in [-0.3, -0.25) is 0 Å². The quantitative estimate of drug-likeness (QED) is 0.208. The molecule has 0 aliphatic rings. The summed E-state index contributed by atoms with van der Waals surface area (Å²) in [7, 11) is 2.49. The smallest absolute Gasteiger partial charge is 0.0784 e. The first kappa shape index (κ1) is 25.8. The molecule has 0 spiro atoms. The summed E-state index contributed by atoms with van der Waals surface area (Å²) in [5.41, 5.74) is 0. The molecule has 23 heavy (non-hydrogen) atoms. The minimum Gasteiger partial charge on any atom is -1.00 e. The predicted molar refractivity (Wildman–Crippen MR) is 103 cm³/mol. The van der Waals surface area contributed by atoms with E-state index in [0.29, 0.717) is 0 Å². The zero-order valence-corrected chi connectivity index (χ0v) is 17.7. The molecule has 0 aliphatic heterocycles. The second-order valence-corrected chi connectivity index (χ2v) is 7.75. The Morgan fingerprint density at radius 3 is 1.30 bits per heavy atom. The third-order valence-corrected chi connectivity index (χ3v) is 5.20. The SMILES string of the molecule is CCCCCCCC[N+](C)(CCCCCl)CCCCCCC.[Cl-]. The average molecular weight is 368 g/mol. The van der Waals surface area contributed by atoms with Crippen LogP contribution in [0.2, 0.25) is 0 Å². The molecule has 1 atom stereocenters. The lowest BCUT2D eigenvalue weighted by molar-refractivity contribution is -0.910. The third-order valence-electron chi connectivity index (χ3n) is 4.93. The normalized spacial score (nSPS) is 13.6. The number of unbranched alkanes of at least 4 members (excludes halogenated alkanes) is 10. The molecule has 0 radical (unpaired) electrons. The van der Waals surface area contributed by atoms with Crippen molar-refractivity contribution in [3.63, 3.8) is 0 Å². The van der Waals surface area contributed by atoms with Gasteiger partial charge < -0.3 is 16.9 Å². The van der Waals surface area contributed by atoms with Crippen LogP contribution in [0.5, 0.6) is 0 Å². The summed E-state index contributed by atoms with van der Waals surface area (Å²) in [6.07, 6.45) is 18.0. The van der Waals surface area contributed by atoms with E-state index >= 15 is 0 Å². The minimum atomic E-state index is 0. The molecule has 1 nitrogen and oxygen atoms in total. The van der Waals surface area contributed by atoms with Gasteiger partial charge in [0.05, 0.1) is 26.7 Å². The summed E-state index contributed by atoms with van der Waals surface area (Å²) in [5, 5.41) is 0. The van der Waals surface area contributed by atoms with Crippen molar-refractivity contribution in [2.75, 3.05) is 32.6 Å². The van der Waals surface area contributed by atoms with Crippen LogP contribution in [0.1, 0.15) is 97.3 Å². The van der Waals surface area contributed by atoms with Crippen molar-refractivity contribution < 1.29 is 16.9 Å². The Labute approximate surface area is 158 Å². The summed E-state index contributed by atoms with van der Waals surface area (Å²) < 4.78 is 1.29. The first-order chi connectivity index (χ1) is 10.7. The van der Waals surface area contributed by atoms with Crippen LogP contribution in [0, 0.1) is 0 Å². The standard InChI is InChI=1S/C20H43ClN.ClH/c1-4-6-8-10-12-15-19-22(3,20-16-13-17-21)18-14-11-9-7-5-2;/h4-20H2,1-3H3;1H/q+1;/p-1. The van der Waals surface area contributed by atoms with E-state index in [4.69, 9.17) is 11.6 Å². The van der Waals surface area contributed by atoms with Gasteiger partial charge in [0.2, 0.25) is 0 Å². The molecule has 0 aliphatic carbocycles. The van der Waals surface area contributed by atoms with Crippen molar-refractivity contribution in [3.8, 4) is 0 Å². The largest absolute Gasteiger partial charge is 1.00 e. The van der Waals surface area contributed by atoms with Crippen molar-refractivity contribution in [2.45, 2.75) is 97.3 Å². The van der Waals surface area contributed by atoms with Crippen molar-refractivity contribution in [1.82, 2.24) is 0 Å². The van der Waals surface area contributed by atoms with Gasteiger partial charge in [0.15, 0.2) is 0 Å². The highest BCUT2D eigenvalue weighted by Crippen LogP contribution is 2.14. The first-order valence-electron chi connectivity index (χ1n) is 10.1. The molecule has 1 unspecified atom stereocenters. The van der Waals surface area contributed by atoms with Crippen molar-refractivity contribution in [1.29, 1.82) is 0 Å². The van der Waals surface area contributed by atoms with Gasteiger partial charge in [-0.15, -0.1) is 11.6 Å². The second kappa shape index (κ2) is 18.9. The van der Waals surface area contributed by atoms with Gasteiger partial charge in [-0.25, -0.2) is 0 Å². The van der Waals surface area contributed by atoms with Gasteiger partial charge in [-0.1, -0.05) is 58.8 Å². The zero-order chi connectivity index (χ0) is 16.5. The highest BCUT2D eigenvalue weighted by Gasteiger charge is 2.19. The van der Waals surface area contributed by atoms with Crippen LogP contribution < -0.4 is 12.4 Å². The van der Waals surface area contributed by atoms with E-state index in [1.54, 1.807) is 0 Å². The third kappa shape index (κ3) is 17.2. The van der Waals surface area contributed by atoms with Crippen molar-refractivity contribution in [2.24, 2.45) is 0 Å². The summed E-state index contributed by atoms with van der Waals surface area (Å²) in [6, 6.07) is 0. The molecule has 0 amide bonds. The van der Waals surface area contributed by atoms with Gasteiger partial charge in [0.25, 0.3) is 0 Å². The van der Waals surface area contributed by atoms with E-state index < -0.39 is 0 Å². The number of alkyl halides is 1. The monoisotopic (exact) mass is 367 g/mol. The van der Waals surface area contributed by atoms with E-state index in [0.717, 1.165) is 5.88 Å². The molecule has 0 aromatic rings. The lowest BCUT2D eigenvalue weighted by Gasteiger charge is -2.35. The Morgan fingerprint density at radius 2 is 0.913 bits per heavy atom. The summed E-state index contributed by atoms with van der Waals surface area (Å²) in [5.74, 6) is 0.827. The Balaban J connectivity index is 0. The molecule has 0 rings (SSSR count). The predicted octanol–water partition coefficient (Wildman–Crippen LogP) is 3.79. The number of hydrogen-bond donors (Lipinski definition) is 0. The number of rotatable bonds is 17. The Bertz CT molecular complexity index is 224. The molecule has 0 saturated heterocycles. The van der Waals surface area contributed by atoms with Gasteiger partial charge in [0, 0.05) is 5.88 Å². The number of quaternary nitrogens is 1. The average Bonchev–Trinajstić information content (AvgIpc) is 2.51. The molecular formula is C20H43Cl2N. The maximum Gasteiger partial charge on any atom is 0.0784 e. The van der Waals surface area contributed by atoms with Crippen LogP contribution in [0.15, 0.2) is 0 Å². The fraction of sp³-hybridized carbons (Fsp3) is 1.00. The van der Waals surface area contributed by atoms with Crippen LogP contribution in [-0.4, -0.2) is 37.0 Å². The van der Waals surface area contributed by atoms with Gasteiger partial charge in [0.1, 0.15) is 0 Å². The summed E-state index contributed by atoms with van der Waals surface area (Å²) >= 11 is 5.86. The first-order valence-corrected chi connectivity index (χ1v) is 10.6. The minimum absolute atomic E-state index is 0. The van der Waals surface area contributed by atoms with Crippen molar-refractivity contribution >= 4 is 11.6 Å². The Hall–Kier alpha value is 0.540. The van der Waals surface area contributed by atoms with E-state index in [1.165, 1.54) is 108 Å². The highest BCUT2D eigenvalue weighted by molar-refractivity contribution is 6.17. The Morgan fingerprint density at radius 1 is 0.565 bits per heavy atom. The van der Waals surface area contributed by atoms with E-state index in [1.807, 2.05) is 0 Å². The molecule has 142 valence electrons. The molecule has 0 aromatic heterocycles. The molecule has 3 heteroatoms. The van der Waals surface area contributed by atoms with E-state index in [2.05, 4.69) is 20.9 Å². The molecule has 0 bridgehead atoms. The topological polar surface area (TPSA) is 0 Å². The van der Waals surface area contributed by atoms with Crippen LogP contribution in [-0.2, 0) is 0 Å². The van der Waals surface area contributed by atoms with Crippen LogP contribution >= 0.6 is 11.6 Å². The number of halogens is 2. The summed E-state index contributed by atoms with van der Waals surface area (Å²) in [4.78, 5) is 0. The van der Waals surface area contributed by atoms with Gasteiger partial charge in [-0.2, -0.15) is 0 Å². The van der Waals surface area contributed by atoms with Crippen LogP contribution in [0.3, 0.4) is 0 Å². The van der Waals surface area contributed by atoms with Gasteiger partial charge >= 0.3 is 0 Å². The number of hydrogen-bond acceptors (Lipinski definition) is 0. The highest BCUT2D eigenvalue weighted by atomic mass is 35.5. The number of nitrogens with zero attached hydrogens (tertiary/aromatic N) is 1. The molecule has 0 saturated carbocycles. The van der Waals surface area contributed by atoms with Crippen LogP contribution in [0.4, 0.5) is 0 Å². The summed E-state index contributed by atoms with van der Waals surface area (Å²) in [6.45, 7) is 8.67. The van der Waals surface area contributed by atoms with E-state index in [9.17, 15) is 0 Å². The molecule has 0 fully saturated rings. The maximum atomic E-state index is 5.86. The maximum absolute atomic E-state index is 5.86. The molecular weight excluding hydrogens is 325 g/mol. The fourth-order valence-electron chi connectivity index (χ4n) is 3.29. The van der Waals surface area contributed by atoms with Gasteiger partial charge in [-0.05, 0) is 38.5 Å². The zero-order valence-electron chi connectivity index (χ0n) is 16.2. The lowest BCUT2D eigenvalue weighted by atomic mass is 10.1. The fourth-order valence-corrected chi connectivity index (χ4v) is 3.48. The van der Waals surface area contributed by atoms with Crippen molar-refractivity contribution in [3.05, 3.63) is 0 Å².